The van der Waals surface area contributed by atoms with Crippen molar-refractivity contribution in [1.29, 1.82) is 0 Å². The quantitative estimate of drug-likeness (QED) is 0.672. The summed E-state index contributed by atoms with van der Waals surface area (Å²) in [6.45, 7) is 1.13. The van der Waals surface area contributed by atoms with Crippen LogP contribution in [0.3, 0.4) is 0 Å². The first kappa shape index (κ1) is 13.9. The molecule has 3 N–H and O–H groups in total. The Labute approximate surface area is 124 Å². The molecule has 0 aromatic heterocycles. The van der Waals surface area contributed by atoms with E-state index >= 15 is 0 Å². The van der Waals surface area contributed by atoms with Crippen molar-refractivity contribution < 1.29 is 0 Å². The number of benzene rings is 2. The molecule has 0 bridgehead atoms. The van der Waals surface area contributed by atoms with Gasteiger partial charge in [-0.25, -0.2) is 0 Å². The Hall–Kier alpha value is -1.07. The normalized spacial score (nSPS) is 22.0. The van der Waals surface area contributed by atoms with E-state index < -0.39 is 0 Å². The molecule has 0 saturated carbocycles. The molecule has 0 radical (unpaired) electrons. The second-order valence-corrected chi connectivity index (χ2v) is 6.52. The van der Waals surface area contributed by atoms with E-state index in [2.05, 4.69) is 59.8 Å². The second-order valence-electron chi connectivity index (χ2n) is 5.37. The summed E-state index contributed by atoms with van der Waals surface area (Å²) in [7, 11) is 2.19. The SMILES string of the molecule is CN1CCSCC1C(NN)c1ccc2ccccc2c1. The highest BCUT2D eigenvalue weighted by molar-refractivity contribution is 7.99. The molecule has 106 valence electrons. The van der Waals surface area contributed by atoms with E-state index in [4.69, 9.17) is 5.84 Å². The van der Waals surface area contributed by atoms with Crippen molar-refractivity contribution in [2.45, 2.75) is 12.1 Å². The largest absolute Gasteiger partial charge is 0.300 e. The molecule has 0 spiro atoms. The van der Waals surface area contributed by atoms with Crippen LogP contribution in [0.25, 0.3) is 10.8 Å². The summed E-state index contributed by atoms with van der Waals surface area (Å²) >= 11 is 2.01. The van der Waals surface area contributed by atoms with Crippen molar-refractivity contribution in [3.8, 4) is 0 Å². The molecule has 1 fully saturated rings. The summed E-state index contributed by atoms with van der Waals surface area (Å²) in [5, 5.41) is 2.55. The third-order valence-electron chi connectivity index (χ3n) is 4.14. The summed E-state index contributed by atoms with van der Waals surface area (Å²) < 4.78 is 0. The molecule has 4 heteroatoms. The van der Waals surface area contributed by atoms with Crippen molar-refractivity contribution in [1.82, 2.24) is 10.3 Å². The summed E-state index contributed by atoms with van der Waals surface area (Å²) in [6.07, 6.45) is 0. The summed E-state index contributed by atoms with van der Waals surface area (Å²) in [5.74, 6) is 8.19. The van der Waals surface area contributed by atoms with E-state index in [0.29, 0.717) is 6.04 Å². The standard InChI is InChI=1S/C16H21N3S/c1-19-8-9-20-11-15(19)16(18-17)14-7-6-12-4-2-3-5-13(12)10-14/h2-7,10,15-16,18H,8-9,11,17H2,1H3. The van der Waals surface area contributed by atoms with Crippen LogP contribution in [0, 0.1) is 0 Å². The minimum Gasteiger partial charge on any atom is -0.300 e. The molecule has 2 atom stereocenters. The topological polar surface area (TPSA) is 41.3 Å². The Morgan fingerprint density at radius 1 is 1.25 bits per heavy atom. The zero-order valence-electron chi connectivity index (χ0n) is 11.8. The third-order valence-corrected chi connectivity index (χ3v) is 5.19. The first-order valence-corrected chi connectivity index (χ1v) is 8.18. The smallest absolute Gasteiger partial charge is 0.0623 e. The number of hydrogen-bond donors (Lipinski definition) is 2. The van der Waals surface area contributed by atoms with Crippen LogP contribution >= 0.6 is 11.8 Å². The van der Waals surface area contributed by atoms with Crippen LogP contribution in [0.1, 0.15) is 11.6 Å². The highest BCUT2D eigenvalue weighted by Gasteiger charge is 2.28. The maximum absolute atomic E-state index is 5.86. The first-order valence-electron chi connectivity index (χ1n) is 7.02. The monoisotopic (exact) mass is 287 g/mol. The second kappa shape index (κ2) is 6.14. The number of hydrazine groups is 1. The van der Waals surface area contributed by atoms with Crippen LogP contribution < -0.4 is 11.3 Å². The lowest BCUT2D eigenvalue weighted by atomic mass is 9.97. The van der Waals surface area contributed by atoms with Gasteiger partial charge in [0.05, 0.1) is 6.04 Å². The molecule has 1 aliphatic rings. The van der Waals surface area contributed by atoms with Gasteiger partial charge in [-0.05, 0) is 29.4 Å². The highest BCUT2D eigenvalue weighted by atomic mass is 32.2. The minimum absolute atomic E-state index is 0.178. The van der Waals surface area contributed by atoms with Crippen molar-refractivity contribution in [2.75, 3.05) is 25.1 Å². The molecule has 2 aromatic rings. The fourth-order valence-corrected chi connectivity index (χ4v) is 4.16. The molecular formula is C16H21N3S. The van der Waals surface area contributed by atoms with Crippen molar-refractivity contribution in [3.05, 3.63) is 48.0 Å². The van der Waals surface area contributed by atoms with Crippen LogP contribution in [-0.2, 0) is 0 Å². The number of nitrogens with one attached hydrogen (secondary N) is 1. The van der Waals surface area contributed by atoms with Gasteiger partial charge in [0.25, 0.3) is 0 Å². The van der Waals surface area contributed by atoms with Crippen LogP contribution in [0.5, 0.6) is 0 Å². The zero-order chi connectivity index (χ0) is 13.9. The molecular weight excluding hydrogens is 266 g/mol. The predicted molar refractivity (Wildman–Crippen MR) is 87.8 cm³/mol. The van der Waals surface area contributed by atoms with Gasteiger partial charge >= 0.3 is 0 Å². The van der Waals surface area contributed by atoms with Crippen LogP contribution in [0.15, 0.2) is 42.5 Å². The van der Waals surface area contributed by atoms with Crippen molar-refractivity contribution in [2.24, 2.45) is 5.84 Å². The fraction of sp³-hybridized carbons (Fsp3) is 0.375. The minimum atomic E-state index is 0.178. The fourth-order valence-electron chi connectivity index (χ4n) is 2.89. The van der Waals surface area contributed by atoms with Gasteiger partial charge in [0, 0.05) is 24.1 Å². The average molecular weight is 287 g/mol. The summed E-state index contributed by atoms with van der Waals surface area (Å²) in [4.78, 5) is 2.41. The van der Waals surface area contributed by atoms with Crippen LogP contribution in [0.2, 0.25) is 0 Å². The van der Waals surface area contributed by atoms with E-state index in [9.17, 15) is 0 Å². The molecule has 3 nitrogen and oxygen atoms in total. The Morgan fingerprint density at radius 2 is 2.05 bits per heavy atom. The Balaban J connectivity index is 1.93. The van der Waals surface area contributed by atoms with Crippen molar-refractivity contribution in [3.63, 3.8) is 0 Å². The molecule has 1 saturated heterocycles. The van der Waals surface area contributed by atoms with E-state index in [-0.39, 0.29) is 6.04 Å². The summed E-state index contributed by atoms with van der Waals surface area (Å²) in [6, 6.07) is 15.7. The number of likely N-dealkylation sites (N-methyl/N-ethyl adjacent to an activating group) is 1. The van der Waals surface area contributed by atoms with Crippen molar-refractivity contribution >= 4 is 22.5 Å². The van der Waals surface area contributed by atoms with E-state index in [1.807, 2.05) is 11.8 Å². The van der Waals surface area contributed by atoms with Gasteiger partial charge < -0.3 is 0 Å². The molecule has 2 aromatic carbocycles. The molecule has 2 unspecified atom stereocenters. The lowest BCUT2D eigenvalue weighted by Crippen LogP contribution is -2.49. The van der Waals surface area contributed by atoms with Gasteiger partial charge in [0.1, 0.15) is 0 Å². The highest BCUT2D eigenvalue weighted by Crippen LogP contribution is 2.28. The van der Waals surface area contributed by atoms with Gasteiger partial charge in [-0.3, -0.25) is 16.2 Å². The van der Waals surface area contributed by atoms with Crippen LogP contribution in [0.4, 0.5) is 0 Å². The number of rotatable bonds is 3. The molecule has 1 aliphatic heterocycles. The lowest BCUT2D eigenvalue weighted by Gasteiger charge is -2.37. The molecule has 3 rings (SSSR count). The molecule has 0 aliphatic carbocycles. The van der Waals surface area contributed by atoms with E-state index in [0.717, 1.165) is 12.3 Å². The van der Waals surface area contributed by atoms with Gasteiger partial charge in [-0.2, -0.15) is 11.8 Å². The predicted octanol–water partition coefficient (Wildman–Crippen LogP) is 2.39. The zero-order valence-corrected chi connectivity index (χ0v) is 12.6. The van der Waals surface area contributed by atoms with Gasteiger partial charge in [-0.15, -0.1) is 0 Å². The van der Waals surface area contributed by atoms with Gasteiger partial charge in [0.2, 0.25) is 0 Å². The molecule has 1 heterocycles. The Bertz CT molecular complexity index is 587. The average Bonchev–Trinajstić information content (AvgIpc) is 2.50. The molecule has 20 heavy (non-hydrogen) atoms. The van der Waals surface area contributed by atoms with Gasteiger partial charge in [-0.1, -0.05) is 36.4 Å². The van der Waals surface area contributed by atoms with Crippen LogP contribution in [-0.4, -0.2) is 36.0 Å². The summed E-state index contributed by atoms with van der Waals surface area (Å²) in [5.41, 5.74) is 4.30. The van der Waals surface area contributed by atoms with E-state index in [1.54, 1.807) is 0 Å². The van der Waals surface area contributed by atoms with E-state index in [1.165, 1.54) is 22.1 Å². The molecule has 0 amide bonds. The number of fused-ring (bicyclic) bond motifs is 1. The number of nitrogens with zero attached hydrogens (tertiary/aromatic N) is 1. The Kier molecular flexibility index (Phi) is 4.27. The Morgan fingerprint density at radius 3 is 2.80 bits per heavy atom. The third kappa shape index (κ3) is 2.69. The number of nitrogens with two attached hydrogens (primary N) is 1. The maximum atomic E-state index is 5.86. The lowest BCUT2D eigenvalue weighted by molar-refractivity contribution is 0.216. The maximum Gasteiger partial charge on any atom is 0.0623 e. The first-order chi connectivity index (χ1) is 9.79. The number of hydrogen-bond acceptors (Lipinski definition) is 4. The van der Waals surface area contributed by atoms with Gasteiger partial charge in [0.15, 0.2) is 0 Å². The number of thioether (sulfide) groups is 1.